The van der Waals surface area contributed by atoms with Gasteiger partial charge in [-0.25, -0.2) is 13.8 Å². The third-order valence-electron chi connectivity index (χ3n) is 4.84. The number of furan rings is 1. The van der Waals surface area contributed by atoms with Gasteiger partial charge in [0, 0.05) is 17.7 Å². The molecule has 0 spiro atoms. The van der Waals surface area contributed by atoms with E-state index in [0.29, 0.717) is 22.8 Å². The zero-order chi connectivity index (χ0) is 24.2. The lowest BCUT2D eigenvalue weighted by atomic mass is 10.1. The van der Waals surface area contributed by atoms with Gasteiger partial charge < -0.3 is 4.42 Å². The van der Waals surface area contributed by atoms with Gasteiger partial charge in [0.2, 0.25) is 10.0 Å². The zero-order valence-electron chi connectivity index (χ0n) is 18.2. The third kappa shape index (κ3) is 6.04. The number of sulfonamides is 1. The second-order valence-electron chi connectivity index (χ2n) is 7.34. The van der Waals surface area contributed by atoms with Crippen LogP contribution in [0, 0.1) is 24.0 Å². The standard InChI is InChI=1S/C22H22N4O6S/c1-15-4-7-19(12-16(15)2)25(33(3,30)31)14-22(27)24-23-13-20-10-11-21(32-20)17-5-8-18(9-6-17)26(28)29/h4-13H,14H2,1-3H3,(H,24,27)/b23-13-. The van der Waals surface area contributed by atoms with Crippen LogP contribution >= 0.6 is 0 Å². The Labute approximate surface area is 190 Å². The molecule has 0 saturated carbocycles. The van der Waals surface area contributed by atoms with E-state index in [1.807, 2.05) is 13.8 Å². The van der Waals surface area contributed by atoms with Crippen molar-refractivity contribution >= 4 is 33.5 Å². The van der Waals surface area contributed by atoms with Crippen LogP contribution in [0.5, 0.6) is 0 Å². The van der Waals surface area contributed by atoms with Gasteiger partial charge in [0.05, 0.1) is 23.1 Å². The Bertz CT molecular complexity index is 1310. The van der Waals surface area contributed by atoms with E-state index < -0.39 is 27.4 Å². The molecule has 1 heterocycles. The van der Waals surface area contributed by atoms with Crippen molar-refractivity contribution in [1.29, 1.82) is 0 Å². The molecular formula is C22H22N4O6S. The number of aryl methyl sites for hydroxylation is 2. The molecule has 0 saturated heterocycles. The summed E-state index contributed by atoms with van der Waals surface area (Å²) in [5.74, 6) is 0.172. The maximum absolute atomic E-state index is 12.3. The quantitative estimate of drug-likeness (QED) is 0.305. The number of rotatable bonds is 8. The maximum Gasteiger partial charge on any atom is 0.269 e. The van der Waals surface area contributed by atoms with Crippen LogP contribution in [-0.2, 0) is 14.8 Å². The van der Waals surface area contributed by atoms with Crippen LogP contribution in [0.4, 0.5) is 11.4 Å². The van der Waals surface area contributed by atoms with Crippen LogP contribution in [0.2, 0.25) is 0 Å². The van der Waals surface area contributed by atoms with Gasteiger partial charge in [-0.05, 0) is 61.4 Å². The number of hydrogen-bond donors (Lipinski definition) is 1. The van der Waals surface area contributed by atoms with Crippen LogP contribution in [0.1, 0.15) is 16.9 Å². The van der Waals surface area contributed by atoms with E-state index in [2.05, 4.69) is 10.5 Å². The van der Waals surface area contributed by atoms with Gasteiger partial charge >= 0.3 is 0 Å². The molecule has 3 aromatic rings. The number of nitrogens with zero attached hydrogens (tertiary/aromatic N) is 3. The topological polar surface area (TPSA) is 135 Å². The number of benzene rings is 2. The molecule has 2 aromatic carbocycles. The normalized spacial score (nSPS) is 11.5. The molecule has 1 aromatic heterocycles. The number of amides is 1. The van der Waals surface area contributed by atoms with Gasteiger partial charge in [0.15, 0.2) is 0 Å². The number of nitrogens with one attached hydrogen (secondary N) is 1. The maximum atomic E-state index is 12.3. The Kier molecular flexibility index (Phi) is 6.92. The van der Waals surface area contributed by atoms with Crippen molar-refractivity contribution in [2.45, 2.75) is 13.8 Å². The molecule has 1 N–H and O–H groups in total. The second-order valence-corrected chi connectivity index (χ2v) is 9.24. The average Bonchev–Trinajstić information content (AvgIpc) is 3.22. The minimum Gasteiger partial charge on any atom is -0.455 e. The fourth-order valence-corrected chi connectivity index (χ4v) is 3.79. The highest BCUT2D eigenvalue weighted by Crippen LogP contribution is 2.24. The molecule has 0 radical (unpaired) electrons. The van der Waals surface area contributed by atoms with E-state index in [1.165, 1.54) is 18.3 Å². The molecule has 0 bridgehead atoms. The van der Waals surface area contributed by atoms with E-state index in [0.717, 1.165) is 21.7 Å². The predicted octanol–water partition coefficient (Wildman–Crippen LogP) is 3.39. The van der Waals surface area contributed by atoms with E-state index in [1.54, 1.807) is 42.5 Å². The first-order chi connectivity index (χ1) is 15.5. The highest BCUT2D eigenvalue weighted by molar-refractivity contribution is 7.92. The summed E-state index contributed by atoms with van der Waals surface area (Å²) < 4.78 is 31.0. The van der Waals surface area contributed by atoms with Crippen molar-refractivity contribution in [2.75, 3.05) is 17.1 Å². The third-order valence-corrected chi connectivity index (χ3v) is 5.98. The van der Waals surface area contributed by atoms with E-state index >= 15 is 0 Å². The number of hydrogen-bond acceptors (Lipinski definition) is 7. The summed E-state index contributed by atoms with van der Waals surface area (Å²) in [4.78, 5) is 22.6. The minimum atomic E-state index is -3.70. The van der Waals surface area contributed by atoms with Crippen molar-refractivity contribution in [3.05, 3.63) is 81.6 Å². The van der Waals surface area contributed by atoms with Crippen LogP contribution in [0.15, 0.2) is 64.1 Å². The van der Waals surface area contributed by atoms with Gasteiger partial charge in [0.1, 0.15) is 18.1 Å². The summed E-state index contributed by atoms with van der Waals surface area (Å²) in [6.45, 7) is 3.33. The molecule has 0 aliphatic heterocycles. The van der Waals surface area contributed by atoms with Crippen molar-refractivity contribution in [3.63, 3.8) is 0 Å². The lowest BCUT2D eigenvalue weighted by Crippen LogP contribution is -2.39. The fourth-order valence-electron chi connectivity index (χ4n) is 2.94. The first-order valence-corrected chi connectivity index (χ1v) is 11.6. The molecule has 1 amide bonds. The molecule has 0 unspecified atom stereocenters. The van der Waals surface area contributed by atoms with Gasteiger partial charge in [-0.3, -0.25) is 19.2 Å². The van der Waals surface area contributed by atoms with Crippen molar-refractivity contribution in [1.82, 2.24) is 5.43 Å². The Morgan fingerprint density at radius 2 is 1.82 bits per heavy atom. The van der Waals surface area contributed by atoms with Gasteiger partial charge in [-0.15, -0.1) is 0 Å². The number of nitro benzene ring substituents is 1. The largest absolute Gasteiger partial charge is 0.455 e. The predicted molar refractivity (Wildman–Crippen MR) is 125 cm³/mol. The number of carbonyl (C=O) groups excluding carboxylic acids is 1. The SMILES string of the molecule is Cc1ccc(N(CC(=O)N/N=C\c2ccc(-c3ccc([N+](=O)[O-])cc3)o2)S(C)(=O)=O)cc1C. The number of nitro groups is 1. The Balaban J connectivity index is 1.65. The van der Waals surface area contributed by atoms with E-state index in [-0.39, 0.29) is 5.69 Å². The average molecular weight is 471 g/mol. The smallest absolute Gasteiger partial charge is 0.269 e. The highest BCUT2D eigenvalue weighted by atomic mass is 32.2. The second kappa shape index (κ2) is 9.65. The number of carbonyl (C=O) groups is 1. The molecule has 172 valence electrons. The lowest BCUT2D eigenvalue weighted by Gasteiger charge is -2.22. The van der Waals surface area contributed by atoms with Gasteiger partial charge in [-0.2, -0.15) is 5.10 Å². The first kappa shape index (κ1) is 23.7. The summed E-state index contributed by atoms with van der Waals surface area (Å²) >= 11 is 0. The van der Waals surface area contributed by atoms with E-state index in [9.17, 15) is 23.3 Å². The summed E-state index contributed by atoms with van der Waals surface area (Å²) in [6, 6.07) is 14.3. The summed E-state index contributed by atoms with van der Waals surface area (Å²) in [5.41, 5.74) is 5.20. The molecule has 0 aliphatic rings. The molecule has 3 rings (SSSR count). The van der Waals surface area contributed by atoms with Crippen molar-refractivity contribution < 1.29 is 22.6 Å². The molecule has 33 heavy (non-hydrogen) atoms. The first-order valence-electron chi connectivity index (χ1n) is 9.76. The fraction of sp³-hybridized carbons (Fsp3) is 0.182. The van der Waals surface area contributed by atoms with Gasteiger partial charge in [0.25, 0.3) is 11.6 Å². The molecule has 0 atom stereocenters. The van der Waals surface area contributed by atoms with Crippen molar-refractivity contribution in [2.24, 2.45) is 5.10 Å². The number of anilines is 1. The minimum absolute atomic E-state index is 0.0289. The Morgan fingerprint density at radius 3 is 2.42 bits per heavy atom. The Hall–Kier alpha value is -3.99. The van der Waals surface area contributed by atoms with Crippen LogP contribution in [0.3, 0.4) is 0 Å². The number of hydrazone groups is 1. The summed E-state index contributed by atoms with van der Waals surface area (Å²) in [7, 11) is -3.70. The summed E-state index contributed by atoms with van der Waals surface area (Å²) in [5, 5.41) is 14.6. The molecule has 10 nitrogen and oxygen atoms in total. The van der Waals surface area contributed by atoms with Crippen LogP contribution in [-0.4, -0.2) is 38.3 Å². The molecular weight excluding hydrogens is 448 g/mol. The lowest BCUT2D eigenvalue weighted by molar-refractivity contribution is -0.384. The molecule has 0 aliphatic carbocycles. The van der Waals surface area contributed by atoms with Crippen LogP contribution < -0.4 is 9.73 Å². The Morgan fingerprint density at radius 1 is 1.12 bits per heavy atom. The molecule has 11 heteroatoms. The monoisotopic (exact) mass is 470 g/mol. The van der Waals surface area contributed by atoms with E-state index in [4.69, 9.17) is 4.42 Å². The van der Waals surface area contributed by atoms with Crippen LogP contribution in [0.25, 0.3) is 11.3 Å². The molecule has 0 fully saturated rings. The van der Waals surface area contributed by atoms with Gasteiger partial charge in [-0.1, -0.05) is 6.07 Å². The zero-order valence-corrected chi connectivity index (χ0v) is 19.0. The van der Waals surface area contributed by atoms with Crippen molar-refractivity contribution in [3.8, 4) is 11.3 Å². The highest BCUT2D eigenvalue weighted by Gasteiger charge is 2.21. The summed E-state index contributed by atoms with van der Waals surface area (Å²) in [6.07, 6.45) is 2.30. The number of non-ortho nitro benzene ring substituents is 1.